The number of aliphatic hydroxyl groups is 1. The Morgan fingerprint density at radius 2 is 2.18 bits per heavy atom. The second-order valence-electron chi connectivity index (χ2n) is 5.01. The number of nitrogens with zero attached hydrogens (tertiary/aromatic N) is 3. The van der Waals surface area contributed by atoms with E-state index in [2.05, 4.69) is 9.97 Å². The van der Waals surface area contributed by atoms with E-state index < -0.39 is 5.60 Å². The molecule has 4 nitrogen and oxygen atoms in total. The van der Waals surface area contributed by atoms with Crippen molar-refractivity contribution in [3.05, 3.63) is 29.6 Å². The summed E-state index contributed by atoms with van der Waals surface area (Å²) in [6.07, 6.45) is 5.85. The zero-order chi connectivity index (χ0) is 12.6. The minimum absolute atomic E-state index is 0.149. The monoisotopic (exact) mass is 253 g/mol. The van der Waals surface area contributed by atoms with E-state index in [0.29, 0.717) is 11.6 Å². The molecule has 0 amide bonds. The molecule has 0 saturated carbocycles. The van der Waals surface area contributed by atoms with Crippen molar-refractivity contribution in [2.45, 2.75) is 38.7 Å². The standard InChI is InChI=1S/C12H16ClN3O/c1-8(6-12(2,3)17)11-15-7-9-10(13)14-4-5-16(9)11/h4-5,7-8,17H,6H2,1-3H3/t8-/m0/s1. The number of fused-ring (bicyclic) bond motifs is 1. The second-order valence-corrected chi connectivity index (χ2v) is 5.37. The van der Waals surface area contributed by atoms with Gasteiger partial charge in [0.05, 0.1) is 11.8 Å². The molecular weight excluding hydrogens is 238 g/mol. The van der Waals surface area contributed by atoms with E-state index >= 15 is 0 Å². The van der Waals surface area contributed by atoms with E-state index in [4.69, 9.17) is 11.6 Å². The summed E-state index contributed by atoms with van der Waals surface area (Å²) in [5, 5.41) is 10.3. The predicted octanol–water partition coefficient (Wildman–Crippen LogP) is 2.65. The van der Waals surface area contributed by atoms with Crippen LogP contribution in [-0.4, -0.2) is 25.1 Å². The fraction of sp³-hybridized carbons (Fsp3) is 0.500. The summed E-state index contributed by atoms with van der Waals surface area (Å²) in [7, 11) is 0. The Labute approximate surface area is 105 Å². The molecule has 2 aromatic rings. The zero-order valence-electron chi connectivity index (χ0n) is 10.2. The van der Waals surface area contributed by atoms with Gasteiger partial charge in [0.2, 0.25) is 0 Å². The highest BCUT2D eigenvalue weighted by Gasteiger charge is 2.21. The molecule has 0 unspecified atom stereocenters. The third-order valence-electron chi connectivity index (χ3n) is 2.69. The molecule has 92 valence electrons. The van der Waals surface area contributed by atoms with E-state index in [1.165, 1.54) is 0 Å². The van der Waals surface area contributed by atoms with Crippen LogP contribution in [0.1, 0.15) is 38.9 Å². The molecule has 17 heavy (non-hydrogen) atoms. The maximum absolute atomic E-state index is 9.84. The van der Waals surface area contributed by atoms with E-state index in [0.717, 1.165) is 11.3 Å². The molecule has 5 heteroatoms. The van der Waals surface area contributed by atoms with Crippen LogP contribution < -0.4 is 0 Å². The molecule has 0 saturated heterocycles. The molecule has 1 atom stereocenters. The minimum Gasteiger partial charge on any atom is -0.390 e. The summed E-state index contributed by atoms with van der Waals surface area (Å²) in [6, 6.07) is 0. The molecule has 0 aromatic carbocycles. The third-order valence-corrected chi connectivity index (χ3v) is 2.98. The van der Waals surface area contributed by atoms with Gasteiger partial charge in [0, 0.05) is 18.3 Å². The van der Waals surface area contributed by atoms with Gasteiger partial charge in [-0.15, -0.1) is 0 Å². The molecule has 0 radical (unpaired) electrons. The third kappa shape index (κ3) is 2.58. The van der Waals surface area contributed by atoms with Crippen molar-refractivity contribution in [3.63, 3.8) is 0 Å². The maximum atomic E-state index is 9.84. The first-order valence-electron chi connectivity index (χ1n) is 5.58. The van der Waals surface area contributed by atoms with Crippen LogP contribution in [0.15, 0.2) is 18.6 Å². The number of rotatable bonds is 3. The average Bonchev–Trinajstić information content (AvgIpc) is 2.60. The Hall–Kier alpha value is -1.13. The molecule has 2 heterocycles. The van der Waals surface area contributed by atoms with Crippen LogP contribution in [0.4, 0.5) is 0 Å². The van der Waals surface area contributed by atoms with E-state index in [1.54, 1.807) is 26.2 Å². The summed E-state index contributed by atoms with van der Waals surface area (Å²) >= 11 is 5.99. The molecule has 0 bridgehead atoms. The average molecular weight is 254 g/mol. The highest BCUT2D eigenvalue weighted by Crippen LogP contribution is 2.26. The minimum atomic E-state index is -0.706. The van der Waals surface area contributed by atoms with Crippen molar-refractivity contribution in [2.75, 3.05) is 0 Å². The van der Waals surface area contributed by atoms with Gasteiger partial charge in [0.25, 0.3) is 0 Å². The number of halogens is 1. The summed E-state index contributed by atoms with van der Waals surface area (Å²) in [5.41, 5.74) is 0.0917. The van der Waals surface area contributed by atoms with Gasteiger partial charge < -0.3 is 5.11 Å². The van der Waals surface area contributed by atoms with Crippen LogP contribution in [0.3, 0.4) is 0 Å². The Bertz CT molecular complexity index is 530. The number of aromatic nitrogens is 3. The van der Waals surface area contributed by atoms with Crippen LogP contribution in [0.2, 0.25) is 5.15 Å². The number of imidazole rings is 1. The smallest absolute Gasteiger partial charge is 0.154 e. The Morgan fingerprint density at radius 1 is 1.47 bits per heavy atom. The van der Waals surface area contributed by atoms with Crippen LogP contribution in [-0.2, 0) is 0 Å². The van der Waals surface area contributed by atoms with Crippen molar-refractivity contribution in [1.82, 2.24) is 14.4 Å². The summed E-state index contributed by atoms with van der Waals surface area (Å²) in [6.45, 7) is 5.64. The maximum Gasteiger partial charge on any atom is 0.154 e. The van der Waals surface area contributed by atoms with Crippen molar-refractivity contribution in [2.24, 2.45) is 0 Å². The molecule has 0 aliphatic carbocycles. The molecular formula is C12H16ClN3O. The summed E-state index contributed by atoms with van der Waals surface area (Å²) in [4.78, 5) is 8.38. The van der Waals surface area contributed by atoms with Crippen molar-refractivity contribution < 1.29 is 5.11 Å². The van der Waals surface area contributed by atoms with Crippen LogP contribution in [0.25, 0.3) is 5.52 Å². The molecule has 2 rings (SSSR count). The van der Waals surface area contributed by atoms with Crippen LogP contribution in [0, 0.1) is 0 Å². The molecule has 2 aromatic heterocycles. The number of hydrogen-bond donors (Lipinski definition) is 1. The molecule has 0 aliphatic heterocycles. The van der Waals surface area contributed by atoms with Crippen molar-refractivity contribution in [1.29, 1.82) is 0 Å². The first kappa shape index (κ1) is 12.3. The van der Waals surface area contributed by atoms with Crippen molar-refractivity contribution >= 4 is 17.1 Å². The van der Waals surface area contributed by atoms with E-state index in [1.807, 2.05) is 17.5 Å². The molecule has 0 spiro atoms. The van der Waals surface area contributed by atoms with Gasteiger partial charge in [-0.2, -0.15) is 0 Å². The van der Waals surface area contributed by atoms with Gasteiger partial charge in [-0.05, 0) is 20.3 Å². The Balaban J connectivity index is 2.40. The van der Waals surface area contributed by atoms with Gasteiger partial charge in [-0.25, -0.2) is 9.97 Å². The molecule has 0 fully saturated rings. The van der Waals surface area contributed by atoms with E-state index in [-0.39, 0.29) is 5.92 Å². The first-order valence-corrected chi connectivity index (χ1v) is 5.96. The highest BCUT2D eigenvalue weighted by atomic mass is 35.5. The van der Waals surface area contributed by atoms with Crippen molar-refractivity contribution in [3.8, 4) is 0 Å². The van der Waals surface area contributed by atoms with Gasteiger partial charge in [0.15, 0.2) is 5.15 Å². The molecule has 0 aliphatic rings. The lowest BCUT2D eigenvalue weighted by molar-refractivity contribution is 0.0638. The van der Waals surface area contributed by atoms with Gasteiger partial charge in [-0.1, -0.05) is 18.5 Å². The SMILES string of the molecule is C[C@@H](CC(C)(C)O)c1ncc2c(Cl)nccn12. The normalized spacial score (nSPS) is 14.2. The first-order chi connectivity index (χ1) is 7.88. The topological polar surface area (TPSA) is 50.4 Å². The van der Waals surface area contributed by atoms with Crippen LogP contribution in [0.5, 0.6) is 0 Å². The van der Waals surface area contributed by atoms with Crippen LogP contribution >= 0.6 is 11.6 Å². The van der Waals surface area contributed by atoms with Gasteiger partial charge in [-0.3, -0.25) is 4.40 Å². The summed E-state index contributed by atoms with van der Waals surface area (Å²) < 4.78 is 1.92. The lowest BCUT2D eigenvalue weighted by atomic mass is 9.94. The second kappa shape index (κ2) is 4.27. The fourth-order valence-corrected chi connectivity index (χ4v) is 2.32. The zero-order valence-corrected chi connectivity index (χ0v) is 10.9. The van der Waals surface area contributed by atoms with Gasteiger partial charge >= 0.3 is 0 Å². The lowest BCUT2D eigenvalue weighted by Gasteiger charge is -2.21. The van der Waals surface area contributed by atoms with E-state index in [9.17, 15) is 5.11 Å². The summed E-state index contributed by atoms with van der Waals surface area (Å²) in [5.74, 6) is 1.04. The Morgan fingerprint density at radius 3 is 2.82 bits per heavy atom. The predicted molar refractivity (Wildman–Crippen MR) is 67.3 cm³/mol. The molecule has 1 N–H and O–H groups in total. The quantitative estimate of drug-likeness (QED) is 0.915. The number of hydrogen-bond acceptors (Lipinski definition) is 3. The fourth-order valence-electron chi connectivity index (χ4n) is 2.12. The lowest BCUT2D eigenvalue weighted by Crippen LogP contribution is -2.22. The Kier molecular flexibility index (Phi) is 3.10. The largest absolute Gasteiger partial charge is 0.390 e. The highest BCUT2D eigenvalue weighted by molar-refractivity contribution is 6.32. The van der Waals surface area contributed by atoms with Gasteiger partial charge in [0.1, 0.15) is 11.3 Å².